The first kappa shape index (κ1) is 21.8. The largest absolute Gasteiger partial charge is 0.486 e. The molecule has 0 saturated heterocycles. The van der Waals surface area contributed by atoms with Crippen molar-refractivity contribution in [3.63, 3.8) is 0 Å². The number of benzene rings is 2. The first-order chi connectivity index (χ1) is 15.4. The number of nitrogens with zero attached hydrogens (tertiary/aromatic N) is 1. The Hall–Kier alpha value is -3.46. The highest BCUT2D eigenvalue weighted by molar-refractivity contribution is 7.80. The van der Waals surface area contributed by atoms with Crippen LogP contribution in [-0.2, 0) is 9.53 Å². The summed E-state index contributed by atoms with van der Waals surface area (Å²) in [5.41, 5.74) is 0.666. The van der Waals surface area contributed by atoms with Crippen LogP contribution in [0.4, 0.5) is 14.5 Å². The number of halogens is 2. The van der Waals surface area contributed by atoms with Gasteiger partial charge in [0.2, 0.25) is 0 Å². The highest BCUT2D eigenvalue weighted by Gasteiger charge is 2.38. The molecule has 2 heterocycles. The van der Waals surface area contributed by atoms with Crippen molar-refractivity contribution in [2.75, 3.05) is 24.7 Å². The maximum atomic E-state index is 14.6. The molecule has 0 spiro atoms. The number of esters is 1. The summed E-state index contributed by atoms with van der Waals surface area (Å²) in [4.78, 5) is 14.6. The first-order valence-corrected chi connectivity index (χ1v) is 10.3. The summed E-state index contributed by atoms with van der Waals surface area (Å²) in [7, 11) is 0. The molecule has 0 bridgehead atoms. The van der Waals surface area contributed by atoms with Crippen LogP contribution in [0.1, 0.15) is 18.5 Å². The predicted octanol–water partition coefficient (Wildman–Crippen LogP) is 4.18. The minimum absolute atomic E-state index is 0.0272. The minimum atomic E-state index is -1.17. The third-order valence-electron chi connectivity index (χ3n) is 5.11. The highest BCUT2D eigenvalue weighted by atomic mass is 32.1. The molecule has 4 rings (SSSR count). The van der Waals surface area contributed by atoms with Gasteiger partial charge in [-0.2, -0.15) is 0 Å². The number of fused-ring (bicyclic) bond motifs is 1. The number of thiocarbonyl (C=S) groups is 1. The summed E-state index contributed by atoms with van der Waals surface area (Å²) in [6, 6.07) is 7.54. The lowest BCUT2D eigenvalue weighted by atomic mass is 9.94. The van der Waals surface area contributed by atoms with E-state index in [4.69, 9.17) is 26.4 Å². The Morgan fingerprint density at radius 1 is 1.25 bits per heavy atom. The number of rotatable bonds is 5. The molecule has 0 fully saturated rings. The van der Waals surface area contributed by atoms with Gasteiger partial charge in [-0.15, -0.1) is 0 Å². The van der Waals surface area contributed by atoms with Crippen LogP contribution < -0.4 is 19.7 Å². The fraction of sp³-hybridized carbons (Fsp3) is 0.217. The molecule has 0 amide bonds. The molecule has 2 aliphatic rings. The monoisotopic (exact) mass is 458 g/mol. The molecular formula is C23H20F2N2O4S. The highest BCUT2D eigenvalue weighted by Crippen LogP contribution is 2.39. The lowest BCUT2D eigenvalue weighted by molar-refractivity contribution is -0.138. The number of anilines is 1. The van der Waals surface area contributed by atoms with E-state index < -0.39 is 23.6 Å². The summed E-state index contributed by atoms with van der Waals surface area (Å²) in [5.74, 6) is -1.23. The zero-order chi connectivity index (χ0) is 22.8. The van der Waals surface area contributed by atoms with Crippen molar-refractivity contribution in [3.05, 3.63) is 77.5 Å². The van der Waals surface area contributed by atoms with Gasteiger partial charge >= 0.3 is 5.97 Å². The van der Waals surface area contributed by atoms with E-state index in [0.717, 1.165) is 12.1 Å². The second kappa shape index (κ2) is 8.96. The van der Waals surface area contributed by atoms with Crippen LogP contribution in [0.15, 0.2) is 60.3 Å². The molecule has 0 radical (unpaired) electrons. The lowest BCUT2D eigenvalue weighted by Crippen LogP contribution is -2.48. The van der Waals surface area contributed by atoms with Crippen LogP contribution in [0.25, 0.3) is 0 Å². The Bertz CT molecular complexity index is 1110. The normalized spacial score (nSPS) is 17.7. The molecule has 6 nitrogen and oxygen atoms in total. The van der Waals surface area contributed by atoms with E-state index in [1.807, 2.05) is 0 Å². The van der Waals surface area contributed by atoms with Gasteiger partial charge in [0.25, 0.3) is 0 Å². The molecule has 1 N–H and O–H groups in total. The summed E-state index contributed by atoms with van der Waals surface area (Å²) < 4.78 is 45.7. The summed E-state index contributed by atoms with van der Waals surface area (Å²) >= 11 is 5.53. The maximum absolute atomic E-state index is 14.6. The predicted molar refractivity (Wildman–Crippen MR) is 119 cm³/mol. The van der Waals surface area contributed by atoms with Crippen molar-refractivity contribution in [1.82, 2.24) is 5.32 Å². The number of carbonyl (C=O) groups is 1. The van der Waals surface area contributed by atoms with Gasteiger partial charge in [0.05, 0.1) is 22.9 Å². The fourth-order valence-corrected chi connectivity index (χ4v) is 4.06. The van der Waals surface area contributed by atoms with Gasteiger partial charge in [-0.05, 0) is 43.4 Å². The van der Waals surface area contributed by atoms with Gasteiger partial charge in [-0.1, -0.05) is 18.7 Å². The number of ether oxygens (including phenoxy) is 3. The van der Waals surface area contributed by atoms with Crippen LogP contribution in [-0.4, -0.2) is 30.9 Å². The van der Waals surface area contributed by atoms with Crippen molar-refractivity contribution in [2.24, 2.45) is 0 Å². The smallest absolute Gasteiger partial charge is 0.338 e. The molecule has 1 atom stereocenters. The number of hydrogen-bond donors (Lipinski definition) is 1. The second-order valence-electron chi connectivity index (χ2n) is 7.07. The molecule has 9 heteroatoms. The Balaban J connectivity index is 1.84. The summed E-state index contributed by atoms with van der Waals surface area (Å²) in [6.45, 7) is 5.97. The molecule has 2 aromatic rings. The standard InChI is InChI=1S/C23H20F2N2O4S/c1-3-9-31-22(28)19-13(2)27(14-7-8-17-18(12-14)30-11-10-29-17)23(32)26-21(19)20-15(24)5-4-6-16(20)25/h3-8,12,21H,1,9-11H2,2H3,(H,26,32). The molecule has 32 heavy (non-hydrogen) atoms. The molecule has 0 aromatic heterocycles. The maximum Gasteiger partial charge on any atom is 0.338 e. The van der Waals surface area contributed by atoms with Crippen LogP contribution in [0.5, 0.6) is 11.5 Å². The average molecular weight is 458 g/mol. The van der Waals surface area contributed by atoms with Crippen molar-refractivity contribution in [2.45, 2.75) is 13.0 Å². The van der Waals surface area contributed by atoms with E-state index in [-0.39, 0.29) is 22.9 Å². The molecule has 1 unspecified atom stereocenters. The lowest BCUT2D eigenvalue weighted by Gasteiger charge is -2.38. The van der Waals surface area contributed by atoms with Crippen LogP contribution in [0.2, 0.25) is 0 Å². The molecule has 0 saturated carbocycles. The number of nitrogens with one attached hydrogen (secondary N) is 1. The zero-order valence-corrected chi connectivity index (χ0v) is 18.0. The topological polar surface area (TPSA) is 60.0 Å². The average Bonchev–Trinajstić information content (AvgIpc) is 2.77. The van der Waals surface area contributed by atoms with Crippen LogP contribution in [0, 0.1) is 11.6 Å². The Morgan fingerprint density at radius 3 is 2.62 bits per heavy atom. The summed E-state index contributed by atoms with van der Waals surface area (Å²) in [6.07, 6.45) is 1.41. The van der Waals surface area contributed by atoms with E-state index in [9.17, 15) is 13.6 Å². The third kappa shape index (κ3) is 3.91. The minimum Gasteiger partial charge on any atom is -0.486 e. The van der Waals surface area contributed by atoms with E-state index in [1.165, 1.54) is 12.1 Å². The van der Waals surface area contributed by atoms with Gasteiger partial charge in [-0.25, -0.2) is 13.6 Å². The third-order valence-corrected chi connectivity index (χ3v) is 5.41. The second-order valence-corrected chi connectivity index (χ2v) is 7.45. The van der Waals surface area contributed by atoms with E-state index in [1.54, 1.807) is 30.0 Å². The van der Waals surface area contributed by atoms with Crippen LogP contribution in [0.3, 0.4) is 0 Å². The number of carbonyl (C=O) groups excluding carboxylic acids is 1. The van der Waals surface area contributed by atoms with E-state index in [2.05, 4.69) is 11.9 Å². The first-order valence-electron chi connectivity index (χ1n) is 9.85. The number of hydrogen-bond acceptors (Lipinski definition) is 5. The van der Waals surface area contributed by atoms with Crippen LogP contribution >= 0.6 is 12.2 Å². The Kier molecular flexibility index (Phi) is 6.09. The van der Waals surface area contributed by atoms with Crippen molar-refractivity contribution < 1.29 is 27.8 Å². The summed E-state index contributed by atoms with van der Waals surface area (Å²) in [5, 5.41) is 3.06. The van der Waals surface area contributed by atoms with Crippen molar-refractivity contribution in [3.8, 4) is 11.5 Å². The quantitative estimate of drug-likeness (QED) is 0.410. The van der Waals surface area contributed by atoms with Gasteiger partial charge < -0.3 is 19.5 Å². The van der Waals surface area contributed by atoms with Gasteiger partial charge in [-0.3, -0.25) is 4.90 Å². The molecule has 0 aliphatic carbocycles. The Morgan fingerprint density at radius 2 is 1.94 bits per heavy atom. The van der Waals surface area contributed by atoms with E-state index >= 15 is 0 Å². The Labute approximate surface area is 189 Å². The zero-order valence-electron chi connectivity index (χ0n) is 17.2. The molecule has 2 aromatic carbocycles. The molecule has 166 valence electrons. The van der Waals surface area contributed by atoms with Crippen molar-refractivity contribution >= 4 is 29.0 Å². The van der Waals surface area contributed by atoms with Gasteiger partial charge in [0.15, 0.2) is 16.6 Å². The molecule has 2 aliphatic heterocycles. The fourth-order valence-electron chi connectivity index (χ4n) is 3.70. The van der Waals surface area contributed by atoms with E-state index in [0.29, 0.717) is 36.1 Å². The van der Waals surface area contributed by atoms with Crippen molar-refractivity contribution in [1.29, 1.82) is 0 Å². The SMILES string of the molecule is C=CCOC(=O)C1=C(C)N(c2ccc3c(c2)OCCO3)C(=S)NC1c1c(F)cccc1F. The number of allylic oxidation sites excluding steroid dienone is 1. The van der Waals surface area contributed by atoms with Gasteiger partial charge in [0, 0.05) is 11.8 Å². The molecular weight excluding hydrogens is 438 g/mol. The van der Waals surface area contributed by atoms with Gasteiger partial charge in [0.1, 0.15) is 31.5 Å².